The van der Waals surface area contributed by atoms with Crippen LogP contribution in [0.3, 0.4) is 0 Å². The molecule has 0 bridgehead atoms. The molecule has 2 N–H and O–H groups in total. The zero-order chi connectivity index (χ0) is 14.7. The minimum atomic E-state index is 0.193. The second kappa shape index (κ2) is 6.47. The summed E-state index contributed by atoms with van der Waals surface area (Å²) >= 11 is 11.7. The number of hydrogen-bond acceptors (Lipinski definition) is 5. The molecule has 0 aliphatic rings. The summed E-state index contributed by atoms with van der Waals surface area (Å²) < 4.78 is 12.4. The van der Waals surface area contributed by atoms with Gasteiger partial charge in [-0.25, -0.2) is 0 Å². The summed E-state index contributed by atoms with van der Waals surface area (Å²) in [5, 5.41) is 7.67. The van der Waals surface area contributed by atoms with Gasteiger partial charge in [0.2, 0.25) is 5.88 Å². The lowest BCUT2D eigenvalue weighted by Gasteiger charge is -2.11. The van der Waals surface area contributed by atoms with E-state index in [1.54, 1.807) is 25.3 Å². The molecule has 104 valence electrons. The summed E-state index contributed by atoms with van der Waals surface area (Å²) in [7, 11) is 1.58. The van der Waals surface area contributed by atoms with Gasteiger partial charge in [0.25, 0.3) is 0 Å². The van der Waals surface area contributed by atoms with Gasteiger partial charge in [0.1, 0.15) is 16.5 Å². The highest BCUT2D eigenvalue weighted by Gasteiger charge is 2.13. The largest absolute Gasteiger partial charge is 0.496 e. The Kier molecular flexibility index (Phi) is 4.90. The lowest BCUT2D eigenvalue weighted by Crippen LogP contribution is -2.12. The van der Waals surface area contributed by atoms with E-state index in [0.29, 0.717) is 21.5 Å². The molecule has 0 amide bonds. The zero-order valence-corrected chi connectivity index (χ0v) is 14.3. The summed E-state index contributed by atoms with van der Waals surface area (Å²) in [4.78, 5) is 0.193. The van der Waals surface area contributed by atoms with Gasteiger partial charge in [0, 0.05) is 0 Å². The maximum Gasteiger partial charge on any atom is 0.249 e. The maximum atomic E-state index is 5.71. The third kappa shape index (κ3) is 3.25. The maximum absolute atomic E-state index is 5.71. The fourth-order valence-corrected chi connectivity index (χ4v) is 2.47. The number of thiocarbonyl (C=S) groups is 1. The molecule has 0 fully saturated rings. The molecule has 0 aliphatic carbocycles. The molecular weight excluding hydrogens is 410 g/mol. The number of ether oxygens (including phenoxy) is 2. The second-order valence-electron chi connectivity index (χ2n) is 3.63. The van der Waals surface area contributed by atoms with E-state index in [-0.39, 0.29) is 10.9 Å². The van der Waals surface area contributed by atoms with Crippen LogP contribution in [0.1, 0.15) is 5.56 Å². The normalized spacial score (nSPS) is 10.2. The molecule has 1 heterocycles. The van der Waals surface area contributed by atoms with Crippen molar-refractivity contribution in [2.24, 2.45) is 5.73 Å². The number of rotatable bonds is 4. The van der Waals surface area contributed by atoms with Crippen molar-refractivity contribution in [3.05, 3.63) is 38.9 Å². The molecule has 0 atom stereocenters. The molecule has 2 rings (SSSR count). The Bertz CT molecular complexity index is 667. The van der Waals surface area contributed by atoms with Crippen molar-refractivity contribution in [2.75, 3.05) is 7.11 Å². The fourth-order valence-electron chi connectivity index (χ4n) is 1.43. The van der Waals surface area contributed by atoms with Crippen molar-refractivity contribution in [3.63, 3.8) is 0 Å². The van der Waals surface area contributed by atoms with Gasteiger partial charge >= 0.3 is 0 Å². The van der Waals surface area contributed by atoms with E-state index in [4.69, 9.17) is 27.4 Å². The molecule has 0 unspecified atom stereocenters. The summed E-state index contributed by atoms with van der Waals surface area (Å²) in [6.45, 7) is 0. The van der Waals surface area contributed by atoms with Crippen LogP contribution in [0.2, 0.25) is 0 Å². The molecule has 1 aromatic carbocycles. The van der Waals surface area contributed by atoms with Crippen LogP contribution in [0.5, 0.6) is 17.4 Å². The average Bonchev–Trinajstić information content (AvgIpc) is 2.42. The van der Waals surface area contributed by atoms with E-state index in [2.05, 4.69) is 42.1 Å². The smallest absolute Gasteiger partial charge is 0.249 e. The Hall–Kier alpha value is -1.25. The molecule has 0 spiro atoms. The first kappa shape index (κ1) is 15.1. The quantitative estimate of drug-likeness (QED) is 0.767. The van der Waals surface area contributed by atoms with Gasteiger partial charge in [-0.3, -0.25) is 0 Å². The van der Waals surface area contributed by atoms with E-state index in [0.717, 1.165) is 4.47 Å². The number of nitrogens with two attached hydrogens (primary N) is 1. The first-order valence-electron chi connectivity index (χ1n) is 5.35. The van der Waals surface area contributed by atoms with Crippen LogP contribution in [-0.2, 0) is 0 Å². The molecule has 0 aliphatic heterocycles. The van der Waals surface area contributed by atoms with Crippen LogP contribution in [0.4, 0.5) is 0 Å². The molecule has 5 nitrogen and oxygen atoms in total. The highest BCUT2D eigenvalue weighted by molar-refractivity contribution is 9.11. The van der Waals surface area contributed by atoms with Gasteiger partial charge in [-0.05, 0) is 50.1 Å². The van der Waals surface area contributed by atoms with Gasteiger partial charge in [-0.2, -0.15) is 5.10 Å². The Morgan fingerprint density at radius 1 is 1.25 bits per heavy atom. The van der Waals surface area contributed by atoms with E-state index >= 15 is 0 Å². The highest BCUT2D eigenvalue weighted by Crippen LogP contribution is 2.38. The van der Waals surface area contributed by atoms with Crippen LogP contribution < -0.4 is 15.2 Å². The third-order valence-electron chi connectivity index (χ3n) is 2.37. The first-order chi connectivity index (χ1) is 9.52. The Morgan fingerprint density at radius 2 is 1.90 bits per heavy atom. The molecule has 0 saturated heterocycles. The zero-order valence-electron chi connectivity index (χ0n) is 10.3. The van der Waals surface area contributed by atoms with Crippen molar-refractivity contribution < 1.29 is 9.47 Å². The van der Waals surface area contributed by atoms with Crippen LogP contribution in [0.15, 0.2) is 33.3 Å². The molecule has 2 aromatic rings. The van der Waals surface area contributed by atoms with Crippen LogP contribution in [0, 0.1) is 0 Å². The number of halogens is 2. The highest BCUT2D eigenvalue weighted by atomic mass is 79.9. The van der Waals surface area contributed by atoms with Crippen molar-refractivity contribution in [2.45, 2.75) is 0 Å². The molecule has 20 heavy (non-hydrogen) atoms. The van der Waals surface area contributed by atoms with Crippen molar-refractivity contribution in [3.8, 4) is 17.4 Å². The topological polar surface area (TPSA) is 70.3 Å². The lowest BCUT2D eigenvalue weighted by molar-refractivity contribution is 0.408. The minimum absolute atomic E-state index is 0.193. The van der Waals surface area contributed by atoms with Crippen molar-refractivity contribution in [1.82, 2.24) is 10.2 Å². The van der Waals surface area contributed by atoms with Crippen LogP contribution >= 0.6 is 44.1 Å². The van der Waals surface area contributed by atoms with Gasteiger partial charge < -0.3 is 15.2 Å². The lowest BCUT2D eigenvalue weighted by atomic mass is 10.3. The Balaban J connectivity index is 2.40. The number of methoxy groups -OCH3 is 1. The monoisotopic (exact) mass is 417 g/mol. The van der Waals surface area contributed by atoms with Crippen LogP contribution in [-0.4, -0.2) is 22.3 Å². The van der Waals surface area contributed by atoms with Gasteiger partial charge in [0.05, 0.1) is 27.8 Å². The van der Waals surface area contributed by atoms with Gasteiger partial charge in [-0.15, -0.1) is 5.10 Å². The number of nitrogens with zero attached hydrogens (tertiary/aromatic N) is 2. The number of hydrogen-bond donors (Lipinski definition) is 1. The first-order valence-corrected chi connectivity index (χ1v) is 7.34. The predicted molar refractivity (Wildman–Crippen MR) is 86.4 cm³/mol. The summed E-state index contributed by atoms with van der Waals surface area (Å²) in [5.41, 5.74) is 6.15. The fraction of sp³-hybridized carbons (Fsp3) is 0.0833. The van der Waals surface area contributed by atoms with Gasteiger partial charge in [-0.1, -0.05) is 12.2 Å². The summed E-state index contributed by atoms with van der Waals surface area (Å²) in [6, 6.07) is 5.17. The Labute approximate surface area is 137 Å². The third-order valence-corrected chi connectivity index (χ3v) is 3.82. The Morgan fingerprint density at radius 3 is 2.55 bits per heavy atom. The van der Waals surface area contributed by atoms with Gasteiger partial charge in [0.15, 0.2) is 0 Å². The number of benzene rings is 1. The summed E-state index contributed by atoms with van der Waals surface area (Å²) in [6.07, 6.45) is 1.50. The van der Waals surface area contributed by atoms with Crippen LogP contribution in [0.25, 0.3) is 0 Å². The molecule has 8 heteroatoms. The van der Waals surface area contributed by atoms with E-state index in [9.17, 15) is 0 Å². The second-order valence-corrected chi connectivity index (χ2v) is 5.78. The van der Waals surface area contributed by atoms with E-state index in [1.807, 2.05) is 0 Å². The number of aromatic nitrogens is 2. The minimum Gasteiger partial charge on any atom is -0.496 e. The molecule has 1 aromatic heterocycles. The standard InChI is InChI=1S/C12H9Br2N3O2S/c1-18-9-4-8(14)10(5-7(9)13)19-12-6(11(15)20)2-3-16-17-12/h2-5H,1H3,(H2,15,20). The van der Waals surface area contributed by atoms with E-state index in [1.165, 1.54) is 6.20 Å². The molecular formula is C12H9Br2N3O2S. The molecule has 0 saturated carbocycles. The average molecular weight is 419 g/mol. The summed E-state index contributed by atoms with van der Waals surface area (Å²) in [5.74, 6) is 1.46. The SMILES string of the molecule is COc1cc(Br)c(Oc2nnccc2C(N)=S)cc1Br. The van der Waals surface area contributed by atoms with Crippen molar-refractivity contribution in [1.29, 1.82) is 0 Å². The predicted octanol–water partition coefficient (Wildman–Crippen LogP) is 3.44. The van der Waals surface area contributed by atoms with Crippen molar-refractivity contribution >= 4 is 49.1 Å². The van der Waals surface area contributed by atoms with E-state index < -0.39 is 0 Å². The molecule has 0 radical (unpaired) electrons.